The number of ether oxygens (including phenoxy) is 2. The van der Waals surface area contributed by atoms with Crippen molar-refractivity contribution in [2.75, 3.05) is 18.0 Å². The van der Waals surface area contributed by atoms with Gasteiger partial charge in [-0.25, -0.2) is 22.7 Å². The third-order valence-corrected chi connectivity index (χ3v) is 7.19. The SMILES string of the molecule is CCOC(=O)C(CC)c1nccc(N(Cc2ccc(OC)cc2)S(=O)(=O)C2CC2)n1. The molecule has 1 aromatic carbocycles. The van der Waals surface area contributed by atoms with Crippen molar-refractivity contribution in [3.63, 3.8) is 0 Å². The number of hydrogen-bond donors (Lipinski definition) is 0. The number of aromatic nitrogens is 2. The van der Waals surface area contributed by atoms with Crippen LogP contribution in [0, 0.1) is 0 Å². The van der Waals surface area contributed by atoms with E-state index in [4.69, 9.17) is 9.47 Å². The standard InChI is InChI=1S/C21H27N3O5S/c1-4-18(21(25)29-5-2)20-22-13-12-19(23-20)24(30(26,27)17-10-11-17)14-15-6-8-16(28-3)9-7-15/h6-9,12-13,17-18H,4-5,10-11,14H2,1-3H3. The zero-order valence-electron chi connectivity index (χ0n) is 17.4. The van der Waals surface area contributed by atoms with Gasteiger partial charge in [-0.05, 0) is 43.9 Å². The average Bonchev–Trinajstić information content (AvgIpc) is 3.59. The fraction of sp³-hybridized carbons (Fsp3) is 0.476. The predicted molar refractivity (Wildman–Crippen MR) is 113 cm³/mol. The highest BCUT2D eigenvalue weighted by molar-refractivity contribution is 7.93. The Balaban J connectivity index is 1.96. The number of anilines is 1. The molecule has 30 heavy (non-hydrogen) atoms. The first-order valence-corrected chi connectivity index (χ1v) is 11.5. The molecule has 8 nitrogen and oxygen atoms in total. The molecule has 2 aromatic rings. The van der Waals surface area contributed by atoms with Gasteiger partial charge in [-0.3, -0.25) is 4.79 Å². The maximum absolute atomic E-state index is 13.2. The molecule has 1 aliphatic rings. The van der Waals surface area contributed by atoms with E-state index in [1.165, 1.54) is 10.5 Å². The van der Waals surface area contributed by atoms with Crippen LogP contribution in [0.2, 0.25) is 0 Å². The van der Waals surface area contributed by atoms with Crippen molar-refractivity contribution in [1.82, 2.24) is 9.97 Å². The van der Waals surface area contributed by atoms with Crippen LogP contribution in [-0.2, 0) is 26.1 Å². The van der Waals surface area contributed by atoms with Crippen molar-refractivity contribution in [3.8, 4) is 5.75 Å². The van der Waals surface area contributed by atoms with Gasteiger partial charge in [0.2, 0.25) is 10.0 Å². The third-order valence-electron chi connectivity index (χ3n) is 4.94. The minimum Gasteiger partial charge on any atom is -0.497 e. The van der Waals surface area contributed by atoms with Crippen LogP contribution in [0.3, 0.4) is 0 Å². The Labute approximate surface area is 177 Å². The molecule has 0 spiro atoms. The second-order valence-corrected chi connectivity index (χ2v) is 9.22. The molecule has 0 saturated heterocycles. The van der Waals surface area contributed by atoms with Crippen molar-refractivity contribution in [3.05, 3.63) is 47.9 Å². The van der Waals surface area contributed by atoms with Crippen LogP contribution < -0.4 is 9.04 Å². The number of carbonyl (C=O) groups is 1. The van der Waals surface area contributed by atoms with Gasteiger partial charge in [0.05, 0.1) is 25.5 Å². The molecule has 1 unspecified atom stereocenters. The van der Waals surface area contributed by atoms with Gasteiger partial charge in [-0.1, -0.05) is 19.1 Å². The third kappa shape index (κ3) is 4.89. The van der Waals surface area contributed by atoms with Crippen LogP contribution >= 0.6 is 0 Å². The Hall–Kier alpha value is -2.68. The summed E-state index contributed by atoms with van der Waals surface area (Å²) < 4.78 is 37.9. The van der Waals surface area contributed by atoms with Gasteiger partial charge in [0.15, 0.2) is 0 Å². The van der Waals surface area contributed by atoms with E-state index in [1.54, 1.807) is 32.2 Å². The van der Waals surface area contributed by atoms with E-state index in [0.717, 1.165) is 5.56 Å². The molecule has 1 aliphatic carbocycles. The number of benzene rings is 1. The smallest absolute Gasteiger partial charge is 0.316 e. The van der Waals surface area contributed by atoms with Crippen molar-refractivity contribution < 1.29 is 22.7 Å². The van der Waals surface area contributed by atoms with E-state index >= 15 is 0 Å². The van der Waals surface area contributed by atoms with Gasteiger partial charge >= 0.3 is 5.97 Å². The zero-order valence-corrected chi connectivity index (χ0v) is 18.3. The number of nitrogens with zero attached hydrogens (tertiary/aromatic N) is 3. The molecule has 0 radical (unpaired) electrons. The summed E-state index contributed by atoms with van der Waals surface area (Å²) in [5.74, 6) is 0.157. The molecule has 162 valence electrons. The van der Waals surface area contributed by atoms with E-state index < -0.39 is 27.2 Å². The molecule has 1 saturated carbocycles. The molecule has 3 rings (SSSR count). The summed E-state index contributed by atoms with van der Waals surface area (Å²) in [5, 5.41) is -0.402. The predicted octanol–water partition coefficient (Wildman–Crippen LogP) is 3.04. The van der Waals surface area contributed by atoms with E-state index in [2.05, 4.69) is 9.97 Å². The second kappa shape index (κ2) is 9.42. The molecule has 0 N–H and O–H groups in total. The number of methoxy groups -OCH3 is 1. The Morgan fingerprint density at radius 3 is 2.47 bits per heavy atom. The zero-order chi connectivity index (χ0) is 21.7. The summed E-state index contributed by atoms with van der Waals surface area (Å²) in [6, 6.07) is 8.78. The van der Waals surface area contributed by atoms with Crippen molar-refractivity contribution in [1.29, 1.82) is 0 Å². The van der Waals surface area contributed by atoms with Gasteiger partial charge in [-0.2, -0.15) is 0 Å². The van der Waals surface area contributed by atoms with Gasteiger partial charge in [0.25, 0.3) is 0 Å². The molecule has 1 aromatic heterocycles. The Kier molecular flexibility index (Phi) is 6.91. The van der Waals surface area contributed by atoms with Gasteiger partial charge in [0, 0.05) is 12.3 Å². The van der Waals surface area contributed by atoms with E-state index in [-0.39, 0.29) is 24.8 Å². The fourth-order valence-electron chi connectivity index (χ4n) is 3.11. The summed E-state index contributed by atoms with van der Waals surface area (Å²) in [6.07, 6.45) is 3.22. The number of sulfonamides is 1. The summed E-state index contributed by atoms with van der Waals surface area (Å²) >= 11 is 0. The average molecular weight is 434 g/mol. The molecule has 9 heteroatoms. The lowest BCUT2D eigenvalue weighted by Crippen LogP contribution is -2.34. The Morgan fingerprint density at radius 1 is 1.20 bits per heavy atom. The Morgan fingerprint density at radius 2 is 1.90 bits per heavy atom. The quantitative estimate of drug-likeness (QED) is 0.531. The lowest BCUT2D eigenvalue weighted by Gasteiger charge is -2.24. The normalized spacial score (nSPS) is 14.8. The van der Waals surface area contributed by atoms with Gasteiger partial charge < -0.3 is 9.47 Å². The minimum atomic E-state index is -3.58. The maximum Gasteiger partial charge on any atom is 0.316 e. The maximum atomic E-state index is 13.2. The Bertz CT molecular complexity index is 974. The van der Waals surface area contributed by atoms with E-state index in [0.29, 0.717) is 25.0 Å². The van der Waals surface area contributed by atoms with Crippen LogP contribution in [0.1, 0.15) is 50.4 Å². The number of rotatable bonds is 10. The molecular weight excluding hydrogens is 406 g/mol. The number of esters is 1. The topological polar surface area (TPSA) is 98.7 Å². The summed E-state index contributed by atoms with van der Waals surface area (Å²) in [5.41, 5.74) is 0.803. The van der Waals surface area contributed by atoms with Crippen molar-refractivity contribution in [2.24, 2.45) is 0 Å². The van der Waals surface area contributed by atoms with Crippen LogP contribution in [0.25, 0.3) is 0 Å². The lowest BCUT2D eigenvalue weighted by atomic mass is 10.1. The van der Waals surface area contributed by atoms with Crippen molar-refractivity contribution >= 4 is 21.8 Å². The molecule has 1 heterocycles. The molecule has 1 fully saturated rings. The summed E-state index contributed by atoms with van der Waals surface area (Å²) in [7, 11) is -2.00. The second-order valence-electron chi connectivity index (χ2n) is 7.08. The highest BCUT2D eigenvalue weighted by atomic mass is 32.2. The molecule has 0 amide bonds. The number of hydrogen-bond acceptors (Lipinski definition) is 7. The van der Waals surface area contributed by atoms with Gasteiger partial charge in [0.1, 0.15) is 23.3 Å². The van der Waals surface area contributed by atoms with E-state index in [1.807, 2.05) is 19.1 Å². The first-order valence-electron chi connectivity index (χ1n) is 10.0. The van der Waals surface area contributed by atoms with Gasteiger partial charge in [-0.15, -0.1) is 0 Å². The first kappa shape index (κ1) is 22.0. The molecular formula is C21H27N3O5S. The number of carbonyl (C=O) groups excluding carboxylic acids is 1. The molecule has 0 aliphatic heterocycles. The van der Waals surface area contributed by atoms with Crippen molar-refractivity contribution in [2.45, 2.75) is 50.8 Å². The van der Waals surface area contributed by atoms with Crippen LogP contribution in [-0.4, -0.2) is 43.3 Å². The lowest BCUT2D eigenvalue weighted by molar-refractivity contribution is -0.145. The largest absolute Gasteiger partial charge is 0.497 e. The monoisotopic (exact) mass is 433 g/mol. The first-order chi connectivity index (χ1) is 14.4. The van der Waals surface area contributed by atoms with Crippen LogP contribution in [0.15, 0.2) is 36.5 Å². The highest BCUT2D eigenvalue weighted by Crippen LogP contribution is 2.34. The highest BCUT2D eigenvalue weighted by Gasteiger charge is 2.41. The summed E-state index contributed by atoms with van der Waals surface area (Å²) in [6.45, 7) is 3.97. The fourth-order valence-corrected chi connectivity index (χ4v) is 4.90. The summed E-state index contributed by atoms with van der Waals surface area (Å²) in [4.78, 5) is 21.0. The van der Waals surface area contributed by atoms with E-state index in [9.17, 15) is 13.2 Å². The van der Waals surface area contributed by atoms with Crippen LogP contribution in [0.4, 0.5) is 5.82 Å². The van der Waals surface area contributed by atoms with Crippen LogP contribution in [0.5, 0.6) is 5.75 Å². The molecule has 0 bridgehead atoms. The molecule has 1 atom stereocenters. The minimum absolute atomic E-state index is 0.134.